The van der Waals surface area contributed by atoms with Crippen LogP contribution in [-0.4, -0.2) is 16.9 Å². The van der Waals surface area contributed by atoms with Crippen LogP contribution in [0.4, 0.5) is 0 Å². The topological polar surface area (TPSA) is 53.1 Å². The first kappa shape index (κ1) is 15.1. The van der Waals surface area contributed by atoms with Crippen molar-refractivity contribution >= 4 is 15.9 Å². The van der Waals surface area contributed by atoms with E-state index in [0.29, 0.717) is 0 Å². The maximum Gasteiger partial charge on any atom is 0.124 e. The fourth-order valence-electron chi connectivity index (χ4n) is 2.30. The summed E-state index contributed by atoms with van der Waals surface area (Å²) in [6.07, 6.45) is 1.79. The molecule has 2 rings (SSSR count). The van der Waals surface area contributed by atoms with Gasteiger partial charge in [-0.1, -0.05) is 17.7 Å². The van der Waals surface area contributed by atoms with E-state index in [1.54, 1.807) is 13.3 Å². The lowest BCUT2D eigenvalue weighted by Crippen LogP contribution is -2.20. The van der Waals surface area contributed by atoms with Crippen LogP contribution >= 0.6 is 15.9 Å². The Morgan fingerprint density at radius 3 is 2.65 bits per heavy atom. The fraction of sp³-hybridized carbons (Fsp3) is 0.400. The zero-order valence-corrected chi connectivity index (χ0v) is 13.8. The summed E-state index contributed by atoms with van der Waals surface area (Å²) in [6, 6.07) is 5.99. The molecule has 0 saturated carbocycles. The standard InChI is InChI=1S/C15H20BrN3O/c1-9(2)19-15(12(16)8-18-19)14(17)11-7-10(3)5-6-13(11)20-4/h5-9,14H,17H2,1-4H3. The van der Waals surface area contributed by atoms with E-state index >= 15 is 0 Å². The maximum atomic E-state index is 6.47. The van der Waals surface area contributed by atoms with Crippen LogP contribution in [0.25, 0.3) is 0 Å². The van der Waals surface area contributed by atoms with Gasteiger partial charge < -0.3 is 10.5 Å². The van der Waals surface area contributed by atoms with E-state index < -0.39 is 0 Å². The molecule has 1 unspecified atom stereocenters. The average Bonchev–Trinajstić information content (AvgIpc) is 2.80. The van der Waals surface area contributed by atoms with E-state index in [-0.39, 0.29) is 12.1 Å². The molecule has 1 heterocycles. The molecular formula is C15H20BrN3O. The number of benzene rings is 1. The van der Waals surface area contributed by atoms with Gasteiger partial charge >= 0.3 is 0 Å². The van der Waals surface area contributed by atoms with Gasteiger partial charge in [0.1, 0.15) is 5.75 Å². The quantitative estimate of drug-likeness (QED) is 0.927. The number of halogens is 1. The van der Waals surface area contributed by atoms with Crippen LogP contribution in [0.3, 0.4) is 0 Å². The summed E-state index contributed by atoms with van der Waals surface area (Å²) in [5.74, 6) is 0.798. The zero-order chi connectivity index (χ0) is 14.9. The molecule has 5 heteroatoms. The highest BCUT2D eigenvalue weighted by Crippen LogP contribution is 2.33. The molecule has 2 aromatic rings. The second kappa shape index (κ2) is 5.97. The molecule has 1 atom stereocenters. The first-order chi connectivity index (χ1) is 9.45. The van der Waals surface area contributed by atoms with Gasteiger partial charge in [-0.15, -0.1) is 0 Å². The highest BCUT2D eigenvalue weighted by molar-refractivity contribution is 9.10. The number of aromatic nitrogens is 2. The van der Waals surface area contributed by atoms with E-state index in [9.17, 15) is 0 Å². The lowest BCUT2D eigenvalue weighted by atomic mass is 10.0. The zero-order valence-electron chi connectivity index (χ0n) is 12.2. The van der Waals surface area contributed by atoms with Crippen LogP contribution in [0.1, 0.15) is 42.8 Å². The van der Waals surface area contributed by atoms with E-state index in [4.69, 9.17) is 10.5 Å². The van der Waals surface area contributed by atoms with E-state index in [0.717, 1.165) is 27.0 Å². The second-order valence-electron chi connectivity index (χ2n) is 5.14. The Balaban J connectivity index is 2.54. The Morgan fingerprint density at radius 2 is 2.05 bits per heavy atom. The molecule has 0 aliphatic heterocycles. The smallest absolute Gasteiger partial charge is 0.124 e. The molecule has 1 aromatic heterocycles. The van der Waals surface area contributed by atoms with Gasteiger partial charge in [0.05, 0.1) is 29.5 Å². The van der Waals surface area contributed by atoms with Crippen LogP contribution in [0.2, 0.25) is 0 Å². The Hall–Kier alpha value is -1.33. The largest absolute Gasteiger partial charge is 0.496 e. The van der Waals surface area contributed by atoms with Crippen LogP contribution in [0.5, 0.6) is 5.75 Å². The summed E-state index contributed by atoms with van der Waals surface area (Å²) in [7, 11) is 1.66. The summed E-state index contributed by atoms with van der Waals surface area (Å²) < 4.78 is 8.29. The molecule has 20 heavy (non-hydrogen) atoms. The first-order valence-electron chi connectivity index (χ1n) is 6.58. The van der Waals surface area contributed by atoms with Crippen molar-refractivity contribution in [2.45, 2.75) is 32.9 Å². The highest BCUT2D eigenvalue weighted by Gasteiger charge is 2.22. The van der Waals surface area contributed by atoms with Crippen LogP contribution in [0.15, 0.2) is 28.9 Å². The molecule has 2 N–H and O–H groups in total. The van der Waals surface area contributed by atoms with Gasteiger partial charge in [0, 0.05) is 11.6 Å². The van der Waals surface area contributed by atoms with Crippen molar-refractivity contribution in [3.8, 4) is 5.75 Å². The molecule has 0 bridgehead atoms. The third-order valence-corrected chi connectivity index (χ3v) is 3.90. The van der Waals surface area contributed by atoms with Gasteiger partial charge in [0.15, 0.2) is 0 Å². The van der Waals surface area contributed by atoms with Crippen molar-refractivity contribution in [1.82, 2.24) is 9.78 Å². The van der Waals surface area contributed by atoms with Crippen LogP contribution in [0, 0.1) is 6.92 Å². The number of nitrogens with two attached hydrogens (primary N) is 1. The van der Waals surface area contributed by atoms with Gasteiger partial charge in [-0.3, -0.25) is 4.68 Å². The fourth-order valence-corrected chi connectivity index (χ4v) is 2.82. The number of rotatable bonds is 4. The summed E-state index contributed by atoms with van der Waals surface area (Å²) in [4.78, 5) is 0. The number of nitrogens with zero attached hydrogens (tertiary/aromatic N) is 2. The molecule has 0 radical (unpaired) electrons. The number of ether oxygens (including phenoxy) is 1. The third kappa shape index (κ3) is 2.74. The second-order valence-corrected chi connectivity index (χ2v) is 5.99. The monoisotopic (exact) mass is 337 g/mol. The predicted octanol–water partition coefficient (Wildman–Crippen LogP) is 3.59. The summed E-state index contributed by atoms with van der Waals surface area (Å²) in [5, 5.41) is 4.39. The molecule has 0 spiro atoms. The lowest BCUT2D eigenvalue weighted by Gasteiger charge is -2.20. The van der Waals surface area contributed by atoms with E-state index in [1.807, 2.05) is 23.7 Å². The third-order valence-electron chi connectivity index (χ3n) is 3.29. The molecule has 1 aromatic carbocycles. The van der Waals surface area contributed by atoms with Gasteiger partial charge in [0.2, 0.25) is 0 Å². The number of hydrogen-bond donors (Lipinski definition) is 1. The summed E-state index contributed by atoms with van der Waals surface area (Å²) in [5.41, 5.74) is 9.56. The van der Waals surface area contributed by atoms with Gasteiger partial charge in [-0.05, 0) is 42.8 Å². The maximum absolute atomic E-state index is 6.47. The molecule has 108 valence electrons. The minimum atomic E-state index is -0.288. The van der Waals surface area contributed by atoms with Crippen LogP contribution in [-0.2, 0) is 0 Å². The molecule has 0 amide bonds. The number of methoxy groups -OCH3 is 1. The van der Waals surface area contributed by atoms with Crippen molar-refractivity contribution < 1.29 is 4.74 Å². The number of aryl methyl sites for hydroxylation is 1. The molecule has 4 nitrogen and oxygen atoms in total. The Kier molecular flexibility index (Phi) is 4.50. The van der Waals surface area contributed by atoms with Crippen molar-refractivity contribution in [3.05, 3.63) is 45.7 Å². The Bertz CT molecular complexity index is 607. The van der Waals surface area contributed by atoms with Crippen molar-refractivity contribution in [1.29, 1.82) is 0 Å². The normalized spacial score (nSPS) is 12.8. The summed E-state index contributed by atoms with van der Waals surface area (Å²) in [6.45, 7) is 6.22. The Morgan fingerprint density at radius 1 is 1.35 bits per heavy atom. The van der Waals surface area contributed by atoms with E-state index in [2.05, 4.69) is 40.9 Å². The van der Waals surface area contributed by atoms with Crippen molar-refractivity contribution in [2.24, 2.45) is 5.73 Å². The Labute approximate surface area is 128 Å². The predicted molar refractivity (Wildman–Crippen MR) is 84.1 cm³/mol. The first-order valence-corrected chi connectivity index (χ1v) is 7.38. The van der Waals surface area contributed by atoms with E-state index in [1.165, 1.54) is 0 Å². The van der Waals surface area contributed by atoms with Gasteiger partial charge in [0.25, 0.3) is 0 Å². The summed E-state index contributed by atoms with van der Waals surface area (Å²) >= 11 is 3.54. The van der Waals surface area contributed by atoms with Gasteiger partial charge in [-0.25, -0.2) is 0 Å². The van der Waals surface area contributed by atoms with Crippen LogP contribution < -0.4 is 10.5 Å². The molecule has 0 aliphatic rings. The van der Waals surface area contributed by atoms with Gasteiger partial charge in [-0.2, -0.15) is 5.10 Å². The SMILES string of the molecule is COc1ccc(C)cc1C(N)c1c(Br)cnn1C(C)C. The van der Waals surface area contributed by atoms with Crippen molar-refractivity contribution in [3.63, 3.8) is 0 Å². The molecular weight excluding hydrogens is 318 g/mol. The minimum Gasteiger partial charge on any atom is -0.496 e. The van der Waals surface area contributed by atoms with Crippen molar-refractivity contribution in [2.75, 3.05) is 7.11 Å². The molecule has 0 aliphatic carbocycles. The molecule has 0 fully saturated rings. The highest BCUT2D eigenvalue weighted by atomic mass is 79.9. The molecule has 0 saturated heterocycles. The minimum absolute atomic E-state index is 0.248. The average molecular weight is 338 g/mol. The lowest BCUT2D eigenvalue weighted by molar-refractivity contribution is 0.405. The number of hydrogen-bond acceptors (Lipinski definition) is 3.